The third kappa shape index (κ3) is 3.26. The van der Waals surface area contributed by atoms with Crippen molar-refractivity contribution in [3.8, 4) is 0 Å². The summed E-state index contributed by atoms with van der Waals surface area (Å²) in [6.07, 6.45) is 1.48. The van der Waals surface area contributed by atoms with Crippen LogP contribution in [0.5, 0.6) is 0 Å². The van der Waals surface area contributed by atoms with E-state index in [1.54, 1.807) is 0 Å². The van der Waals surface area contributed by atoms with E-state index in [1.165, 1.54) is 6.20 Å². The zero-order chi connectivity index (χ0) is 9.84. The number of nitrogens with two attached hydrogens (primary N) is 1. The van der Waals surface area contributed by atoms with E-state index in [9.17, 15) is 4.79 Å². The van der Waals surface area contributed by atoms with Crippen LogP contribution in [0.15, 0.2) is 6.20 Å². The first-order chi connectivity index (χ1) is 6.11. The van der Waals surface area contributed by atoms with E-state index in [-0.39, 0.29) is 12.4 Å². The Bertz CT molecular complexity index is 299. The number of halogens is 1. The van der Waals surface area contributed by atoms with Gasteiger partial charge in [0, 0.05) is 0 Å². The number of nitrogens with one attached hydrogen (secondary N) is 2. The van der Waals surface area contributed by atoms with Gasteiger partial charge in [0.2, 0.25) is 6.20 Å². The van der Waals surface area contributed by atoms with Gasteiger partial charge in [-0.15, -0.1) is 5.10 Å². The predicted octanol–water partition coefficient (Wildman–Crippen LogP) is -2.77. The molecule has 5 nitrogen and oxygen atoms in total. The molecule has 1 heterocycles. The third-order valence-corrected chi connectivity index (χ3v) is 1.48. The SMILES string of the molecule is CC(C)COC(=O)c1c[nH+][nH]c1N.[Cl-]. The first kappa shape index (κ1) is 12.8. The molecule has 6 heteroatoms. The lowest BCUT2D eigenvalue weighted by atomic mass is 10.2. The first-order valence-corrected chi connectivity index (χ1v) is 4.13. The topological polar surface area (TPSA) is 82.2 Å². The van der Waals surface area contributed by atoms with Crippen LogP contribution in [-0.2, 0) is 4.74 Å². The van der Waals surface area contributed by atoms with Crippen molar-refractivity contribution in [2.75, 3.05) is 12.3 Å². The number of hydrogen-bond donors (Lipinski definition) is 2. The molecule has 0 spiro atoms. The molecule has 0 amide bonds. The number of rotatable bonds is 3. The van der Waals surface area contributed by atoms with Crippen molar-refractivity contribution in [3.05, 3.63) is 11.8 Å². The van der Waals surface area contributed by atoms with E-state index in [0.29, 0.717) is 23.9 Å². The van der Waals surface area contributed by atoms with E-state index < -0.39 is 5.97 Å². The molecule has 80 valence electrons. The average Bonchev–Trinajstić information content (AvgIpc) is 2.47. The molecule has 14 heavy (non-hydrogen) atoms. The van der Waals surface area contributed by atoms with E-state index in [4.69, 9.17) is 10.5 Å². The van der Waals surface area contributed by atoms with Crippen LogP contribution in [0, 0.1) is 5.92 Å². The Morgan fingerprint density at radius 3 is 2.79 bits per heavy atom. The standard InChI is InChI=1S/C8H13N3O2.ClH/c1-5(2)4-13-8(12)6-3-10-11-7(6)9;/h3,5H,4H2,1-2H3,(H3,9,10,11);1H. The lowest BCUT2D eigenvalue weighted by molar-refractivity contribution is -0.447. The molecular formula is C8H14ClN3O2. The van der Waals surface area contributed by atoms with E-state index in [2.05, 4.69) is 10.2 Å². The average molecular weight is 220 g/mol. The van der Waals surface area contributed by atoms with Crippen LogP contribution < -0.4 is 23.2 Å². The highest BCUT2D eigenvalue weighted by molar-refractivity contribution is 5.93. The summed E-state index contributed by atoms with van der Waals surface area (Å²) in [6, 6.07) is 0. The Morgan fingerprint density at radius 2 is 2.36 bits per heavy atom. The molecule has 0 aliphatic rings. The molecular weight excluding hydrogens is 206 g/mol. The number of H-pyrrole nitrogens is 2. The van der Waals surface area contributed by atoms with Gasteiger partial charge >= 0.3 is 5.97 Å². The number of esters is 1. The Morgan fingerprint density at radius 1 is 1.71 bits per heavy atom. The summed E-state index contributed by atoms with van der Waals surface area (Å²) < 4.78 is 4.97. The number of carbonyl (C=O) groups is 1. The van der Waals surface area contributed by atoms with Gasteiger partial charge in [0.15, 0.2) is 11.4 Å². The van der Waals surface area contributed by atoms with Gasteiger partial charge in [-0.1, -0.05) is 13.8 Å². The summed E-state index contributed by atoms with van der Waals surface area (Å²) in [7, 11) is 0. The fourth-order valence-electron chi connectivity index (χ4n) is 0.820. The summed E-state index contributed by atoms with van der Waals surface area (Å²) in [6.45, 7) is 4.35. The van der Waals surface area contributed by atoms with E-state index in [0.717, 1.165) is 0 Å². The highest BCUT2D eigenvalue weighted by atomic mass is 35.5. The Labute approximate surface area is 88.4 Å². The summed E-state index contributed by atoms with van der Waals surface area (Å²) in [4.78, 5) is 11.3. The molecule has 0 aromatic carbocycles. The molecule has 0 radical (unpaired) electrons. The highest BCUT2D eigenvalue weighted by Crippen LogP contribution is 2.06. The number of ether oxygens (including phenoxy) is 1. The summed E-state index contributed by atoms with van der Waals surface area (Å²) in [5, 5.41) is 5.20. The second-order valence-corrected chi connectivity index (χ2v) is 3.23. The number of nitrogen functional groups attached to an aromatic ring is 1. The maximum atomic E-state index is 11.3. The third-order valence-electron chi connectivity index (χ3n) is 1.48. The van der Waals surface area contributed by atoms with Gasteiger partial charge in [0.05, 0.1) is 6.61 Å². The van der Waals surface area contributed by atoms with Gasteiger partial charge in [0.25, 0.3) is 0 Å². The van der Waals surface area contributed by atoms with Crippen LogP contribution in [-0.4, -0.2) is 17.7 Å². The van der Waals surface area contributed by atoms with Crippen LogP contribution in [0.2, 0.25) is 0 Å². The van der Waals surface area contributed by atoms with Crippen LogP contribution in [0.1, 0.15) is 24.2 Å². The van der Waals surface area contributed by atoms with Crippen LogP contribution in [0.25, 0.3) is 0 Å². The van der Waals surface area contributed by atoms with E-state index in [1.807, 2.05) is 13.8 Å². The number of aromatic amines is 2. The molecule has 4 N–H and O–H groups in total. The van der Waals surface area contributed by atoms with Crippen molar-refractivity contribution >= 4 is 11.8 Å². The quantitative estimate of drug-likeness (QED) is 0.540. The summed E-state index contributed by atoms with van der Waals surface area (Å²) >= 11 is 0. The minimum atomic E-state index is -0.399. The van der Waals surface area contributed by atoms with Crippen molar-refractivity contribution in [1.29, 1.82) is 0 Å². The van der Waals surface area contributed by atoms with Crippen molar-refractivity contribution in [1.82, 2.24) is 5.10 Å². The van der Waals surface area contributed by atoms with Gasteiger partial charge in [-0.25, -0.2) is 4.79 Å². The summed E-state index contributed by atoms with van der Waals surface area (Å²) in [5.41, 5.74) is 5.81. The number of hydrogen-bond acceptors (Lipinski definition) is 3. The molecule has 0 saturated carbocycles. The fourth-order valence-corrected chi connectivity index (χ4v) is 0.820. The predicted molar refractivity (Wildman–Crippen MR) is 46.9 cm³/mol. The number of carbonyl (C=O) groups excluding carboxylic acids is 1. The minimum Gasteiger partial charge on any atom is -1.00 e. The van der Waals surface area contributed by atoms with Gasteiger partial charge in [-0.05, 0) is 5.92 Å². The molecule has 1 rings (SSSR count). The van der Waals surface area contributed by atoms with Crippen LogP contribution in [0.3, 0.4) is 0 Å². The fraction of sp³-hybridized carbons (Fsp3) is 0.500. The van der Waals surface area contributed by atoms with Crippen molar-refractivity contribution in [2.45, 2.75) is 13.8 Å². The molecule has 0 saturated heterocycles. The van der Waals surface area contributed by atoms with Crippen molar-refractivity contribution in [3.63, 3.8) is 0 Å². The maximum absolute atomic E-state index is 11.3. The Kier molecular flexibility index (Phi) is 5.01. The lowest BCUT2D eigenvalue weighted by Gasteiger charge is -2.04. The van der Waals surface area contributed by atoms with Crippen LogP contribution >= 0.6 is 0 Å². The smallest absolute Gasteiger partial charge is 0.348 e. The minimum absolute atomic E-state index is 0. The molecule has 1 aromatic heterocycles. The molecule has 0 aliphatic heterocycles. The first-order valence-electron chi connectivity index (χ1n) is 4.13. The number of anilines is 1. The molecule has 0 atom stereocenters. The van der Waals surface area contributed by atoms with Crippen LogP contribution in [0.4, 0.5) is 5.82 Å². The monoisotopic (exact) mass is 219 g/mol. The normalized spacial score (nSPS) is 9.64. The zero-order valence-corrected chi connectivity index (χ0v) is 8.89. The second-order valence-electron chi connectivity index (χ2n) is 3.23. The molecule has 0 bridgehead atoms. The Hall–Kier alpha value is -1.23. The van der Waals surface area contributed by atoms with Gasteiger partial charge < -0.3 is 22.9 Å². The van der Waals surface area contributed by atoms with Crippen molar-refractivity contribution in [2.24, 2.45) is 5.92 Å². The number of aromatic nitrogens is 2. The van der Waals surface area contributed by atoms with E-state index >= 15 is 0 Å². The molecule has 1 aromatic rings. The van der Waals surface area contributed by atoms with Crippen molar-refractivity contribution < 1.29 is 27.0 Å². The second kappa shape index (κ2) is 5.49. The molecule has 0 fully saturated rings. The highest BCUT2D eigenvalue weighted by Gasteiger charge is 2.16. The Balaban J connectivity index is 0.00000169. The molecule has 0 unspecified atom stereocenters. The van der Waals surface area contributed by atoms with Gasteiger partial charge in [0.1, 0.15) is 0 Å². The largest absolute Gasteiger partial charge is 1.00 e. The maximum Gasteiger partial charge on any atom is 0.348 e. The lowest BCUT2D eigenvalue weighted by Crippen LogP contribution is -3.00. The summed E-state index contributed by atoms with van der Waals surface area (Å²) in [5.74, 6) is 0.227. The zero-order valence-electron chi connectivity index (χ0n) is 8.13. The molecule has 0 aliphatic carbocycles. The van der Waals surface area contributed by atoms with Gasteiger partial charge in [-0.2, -0.15) is 5.10 Å². The van der Waals surface area contributed by atoms with Gasteiger partial charge in [-0.3, -0.25) is 0 Å².